The second-order valence-corrected chi connectivity index (χ2v) is 14.6. The van der Waals surface area contributed by atoms with Gasteiger partial charge in [-0.15, -0.1) is 0 Å². The minimum atomic E-state index is 0.526. The average molecular weight is 794 g/mol. The summed E-state index contributed by atoms with van der Waals surface area (Å²) in [5, 5.41) is 9.72. The Labute approximate surface area is 359 Å². The molecule has 0 N–H and O–H groups in total. The SMILES string of the molecule is N#Cc1cccc(-c2ccccc2-c2nc(-c3ccccc3)nc(-c3ccccc3-c3ccccc3-c3ccccc3-c3nc(-c4ccccc4)nc(-c4ccccc4)n3)n2)c1. The molecule has 290 valence electrons. The van der Waals surface area contributed by atoms with Crippen LogP contribution < -0.4 is 0 Å². The first kappa shape index (κ1) is 37.5. The van der Waals surface area contributed by atoms with Gasteiger partial charge in [-0.25, -0.2) is 29.9 Å². The van der Waals surface area contributed by atoms with Crippen LogP contribution in [0.3, 0.4) is 0 Å². The number of hydrogen-bond acceptors (Lipinski definition) is 7. The van der Waals surface area contributed by atoms with E-state index in [2.05, 4.69) is 54.6 Å². The molecule has 0 spiro atoms. The second kappa shape index (κ2) is 16.9. The molecule has 10 aromatic rings. The quantitative estimate of drug-likeness (QED) is 0.143. The van der Waals surface area contributed by atoms with E-state index in [-0.39, 0.29) is 0 Å². The van der Waals surface area contributed by atoms with Gasteiger partial charge in [-0.05, 0) is 45.5 Å². The molecule has 7 nitrogen and oxygen atoms in total. The van der Waals surface area contributed by atoms with E-state index in [1.165, 1.54) is 0 Å². The maximum absolute atomic E-state index is 9.72. The highest BCUT2D eigenvalue weighted by Gasteiger charge is 2.21. The van der Waals surface area contributed by atoms with Crippen molar-refractivity contribution in [1.82, 2.24) is 29.9 Å². The molecule has 0 aliphatic rings. The molecule has 0 aliphatic heterocycles. The Bertz CT molecular complexity index is 3200. The Kier molecular flexibility index (Phi) is 10.2. The molecule has 0 radical (unpaired) electrons. The van der Waals surface area contributed by atoms with Crippen molar-refractivity contribution in [3.8, 4) is 108 Å². The first-order chi connectivity index (χ1) is 30.7. The maximum Gasteiger partial charge on any atom is 0.164 e. The molecule has 2 heterocycles. The molecule has 8 aromatic carbocycles. The average Bonchev–Trinajstić information content (AvgIpc) is 3.37. The summed E-state index contributed by atoms with van der Waals surface area (Å²) >= 11 is 0. The van der Waals surface area contributed by atoms with Crippen molar-refractivity contribution in [3.05, 3.63) is 218 Å². The summed E-state index contributed by atoms with van der Waals surface area (Å²) in [5.74, 6) is 3.39. The number of rotatable bonds is 9. The molecule has 0 amide bonds. The van der Waals surface area contributed by atoms with Crippen molar-refractivity contribution in [1.29, 1.82) is 5.26 Å². The molecule has 0 saturated heterocycles. The molecule has 0 fully saturated rings. The van der Waals surface area contributed by atoms with Crippen LogP contribution in [0.15, 0.2) is 212 Å². The van der Waals surface area contributed by atoms with Crippen LogP contribution in [0.4, 0.5) is 0 Å². The first-order valence-electron chi connectivity index (χ1n) is 20.3. The third-order valence-corrected chi connectivity index (χ3v) is 10.7. The second-order valence-electron chi connectivity index (χ2n) is 14.6. The van der Waals surface area contributed by atoms with E-state index in [0.29, 0.717) is 40.5 Å². The fraction of sp³-hybridized carbons (Fsp3) is 0. The lowest BCUT2D eigenvalue weighted by molar-refractivity contribution is 1.07. The van der Waals surface area contributed by atoms with Crippen LogP contribution in [0, 0.1) is 11.3 Å². The zero-order valence-electron chi connectivity index (χ0n) is 33.3. The van der Waals surface area contributed by atoms with Gasteiger partial charge in [0.2, 0.25) is 0 Å². The van der Waals surface area contributed by atoms with Crippen LogP contribution in [-0.2, 0) is 0 Å². The fourth-order valence-corrected chi connectivity index (χ4v) is 7.73. The molecular formula is C55H35N7. The summed E-state index contributed by atoms with van der Waals surface area (Å²) in [6, 6.07) is 72.8. The van der Waals surface area contributed by atoms with E-state index in [9.17, 15) is 5.26 Å². The van der Waals surface area contributed by atoms with Crippen LogP contribution in [0.5, 0.6) is 0 Å². The van der Waals surface area contributed by atoms with Gasteiger partial charge in [0, 0.05) is 33.4 Å². The normalized spacial score (nSPS) is 10.9. The predicted octanol–water partition coefficient (Wildman–Crippen LogP) is 12.9. The van der Waals surface area contributed by atoms with Crippen LogP contribution in [0.2, 0.25) is 0 Å². The van der Waals surface area contributed by atoms with Crippen molar-refractivity contribution in [3.63, 3.8) is 0 Å². The van der Waals surface area contributed by atoms with E-state index in [1.807, 2.05) is 164 Å². The maximum atomic E-state index is 9.72. The lowest BCUT2D eigenvalue weighted by Crippen LogP contribution is -2.02. The van der Waals surface area contributed by atoms with Crippen molar-refractivity contribution < 1.29 is 0 Å². The van der Waals surface area contributed by atoms with Crippen LogP contribution in [0.1, 0.15) is 5.56 Å². The first-order valence-corrected chi connectivity index (χ1v) is 20.3. The largest absolute Gasteiger partial charge is 0.208 e. The summed E-state index contributed by atoms with van der Waals surface area (Å²) in [4.78, 5) is 30.7. The molecule has 0 unspecified atom stereocenters. The number of hydrogen-bond donors (Lipinski definition) is 0. The number of nitrogens with zero attached hydrogens (tertiary/aromatic N) is 7. The van der Waals surface area contributed by atoms with E-state index in [4.69, 9.17) is 29.9 Å². The lowest BCUT2D eigenvalue weighted by Gasteiger charge is -2.17. The Hall–Kier alpha value is -8.73. The monoisotopic (exact) mass is 793 g/mol. The Balaban J connectivity index is 1.15. The summed E-state index contributed by atoms with van der Waals surface area (Å²) in [7, 11) is 0. The minimum absolute atomic E-state index is 0.526. The van der Waals surface area contributed by atoms with Gasteiger partial charge in [0.05, 0.1) is 11.6 Å². The van der Waals surface area contributed by atoms with Crippen molar-refractivity contribution in [2.75, 3.05) is 0 Å². The van der Waals surface area contributed by atoms with Crippen LogP contribution in [0.25, 0.3) is 102 Å². The Morgan fingerprint density at radius 2 is 0.516 bits per heavy atom. The molecule has 0 aliphatic carbocycles. The third-order valence-electron chi connectivity index (χ3n) is 10.7. The molecule has 10 rings (SSSR count). The number of nitriles is 1. The fourth-order valence-electron chi connectivity index (χ4n) is 7.73. The highest BCUT2D eigenvalue weighted by Crippen LogP contribution is 2.42. The zero-order valence-corrected chi connectivity index (χ0v) is 33.3. The van der Waals surface area contributed by atoms with Crippen LogP contribution >= 0.6 is 0 Å². The Morgan fingerprint density at radius 3 is 0.903 bits per heavy atom. The van der Waals surface area contributed by atoms with Gasteiger partial charge in [0.25, 0.3) is 0 Å². The van der Waals surface area contributed by atoms with Gasteiger partial charge < -0.3 is 0 Å². The van der Waals surface area contributed by atoms with Gasteiger partial charge in [-0.1, -0.05) is 200 Å². The van der Waals surface area contributed by atoms with Gasteiger partial charge in [0.15, 0.2) is 34.9 Å². The van der Waals surface area contributed by atoms with Crippen molar-refractivity contribution in [2.45, 2.75) is 0 Å². The molecular weight excluding hydrogens is 759 g/mol. The highest BCUT2D eigenvalue weighted by molar-refractivity contribution is 5.95. The third kappa shape index (κ3) is 7.52. The number of aromatic nitrogens is 6. The summed E-state index contributed by atoms with van der Waals surface area (Å²) in [6.45, 7) is 0. The zero-order chi connectivity index (χ0) is 41.7. The highest BCUT2D eigenvalue weighted by atomic mass is 15.0. The van der Waals surface area contributed by atoms with Gasteiger partial charge in [-0.2, -0.15) is 5.26 Å². The summed E-state index contributed by atoms with van der Waals surface area (Å²) in [6.07, 6.45) is 0. The summed E-state index contributed by atoms with van der Waals surface area (Å²) in [5.41, 5.74) is 11.6. The molecule has 2 aromatic heterocycles. The van der Waals surface area contributed by atoms with E-state index in [1.54, 1.807) is 0 Å². The Morgan fingerprint density at radius 1 is 0.242 bits per heavy atom. The standard InChI is InChI=1S/C55H35N7/c56-36-37-19-18-26-41(35-37)42-27-10-15-32-47(42)53-60-52(40-24-8-3-9-25-40)61-55(62-53)49-34-17-14-31-46(49)44-29-12-11-28-43(44)45-30-13-16-33-48(45)54-58-50(38-20-4-1-5-21-38)57-51(59-54)39-22-6-2-7-23-39/h1-35H. The minimum Gasteiger partial charge on any atom is -0.208 e. The van der Waals surface area contributed by atoms with Gasteiger partial charge in [-0.3, -0.25) is 0 Å². The molecule has 0 bridgehead atoms. The van der Waals surface area contributed by atoms with Crippen LogP contribution in [-0.4, -0.2) is 29.9 Å². The smallest absolute Gasteiger partial charge is 0.164 e. The molecule has 7 heteroatoms. The van der Waals surface area contributed by atoms with Crippen molar-refractivity contribution in [2.24, 2.45) is 0 Å². The van der Waals surface area contributed by atoms with E-state index < -0.39 is 0 Å². The van der Waals surface area contributed by atoms with Gasteiger partial charge >= 0.3 is 0 Å². The summed E-state index contributed by atoms with van der Waals surface area (Å²) < 4.78 is 0. The molecule has 62 heavy (non-hydrogen) atoms. The lowest BCUT2D eigenvalue weighted by atomic mass is 9.89. The molecule has 0 atom stereocenters. The van der Waals surface area contributed by atoms with E-state index >= 15 is 0 Å². The van der Waals surface area contributed by atoms with E-state index in [0.717, 1.165) is 66.8 Å². The van der Waals surface area contributed by atoms with Crippen molar-refractivity contribution >= 4 is 0 Å². The number of benzene rings is 8. The predicted molar refractivity (Wildman–Crippen MR) is 247 cm³/mol. The topological polar surface area (TPSA) is 101 Å². The molecule has 0 saturated carbocycles. The van der Waals surface area contributed by atoms with Gasteiger partial charge in [0.1, 0.15) is 0 Å².